The van der Waals surface area contributed by atoms with Gasteiger partial charge in [0, 0.05) is 18.4 Å². The van der Waals surface area contributed by atoms with Gasteiger partial charge in [-0.25, -0.2) is 4.79 Å². The molecule has 2 aromatic rings. The number of nitrogen functional groups attached to an aromatic ring is 1. The average molecular weight is 412 g/mol. The average Bonchev–Trinajstić information content (AvgIpc) is 3.15. The van der Waals surface area contributed by atoms with Crippen molar-refractivity contribution in [2.45, 2.75) is 71.1 Å². The van der Waals surface area contributed by atoms with Gasteiger partial charge in [-0.3, -0.25) is 4.79 Å². The Kier molecular flexibility index (Phi) is 5.72. The van der Waals surface area contributed by atoms with E-state index < -0.39 is 5.97 Å². The summed E-state index contributed by atoms with van der Waals surface area (Å²) >= 11 is 0. The van der Waals surface area contributed by atoms with E-state index in [1.807, 2.05) is 13.0 Å². The number of aromatic carboxylic acids is 1. The van der Waals surface area contributed by atoms with Crippen LogP contribution < -0.4 is 10.6 Å². The van der Waals surface area contributed by atoms with Gasteiger partial charge in [-0.1, -0.05) is 46.8 Å². The van der Waals surface area contributed by atoms with Crippen LogP contribution in [0.2, 0.25) is 0 Å². The molecule has 1 aromatic heterocycles. The Hall–Kier alpha value is -2.76. The zero-order valence-electron chi connectivity index (χ0n) is 18.6. The molecule has 0 fully saturated rings. The van der Waals surface area contributed by atoms with Crippen LogP contribution in [0.3, 0.4) is 0 Å². The van der Waals surface area contributed by atoms with Gasteiger partial charge in [0.1, 0.15) is 5.69 Å². The lowest BCUT2D eigenvalue weighted by Crippen LogP contribution is -2.36. The number of carboxylic acids is 1. The highest BCUT2D eigenvalue weighted by molar-refractivity contribution is 5.97. The maximum absolute atomic E-state index is 13.2. The highest BCUT2D eigenvalue weighted by atomic mass is 16.4. The van der Waals surface area contributed by atoms with Gasteiger partial charge in [0.15, 0.2) is 0 Å². The molecule has 0 radical (unpaired) electrons. The van der Waals surface area contributed by atoms with E-state index in [1.54, 1.807) is 11.1 Å². The van der Waals surface area contributed by atoms with Gasteiger partial charge in [0.2, 0.25) is 5.91 Å². The molecule has 0 atom stereocenters. The number of nitrogens with one attached hydrogen (secondary N) is 1. The fourth-order valence-corrected chi connectivity index (χ4v) is 4.54. The van der Waals surface area contributed by atoms with E-state index in [0.29, 0.717) is 12.2 Å². The Bertz CT molecular complexity index is 972. The van der Waals surface area contributed by atoms with Crippen molar-refractivity contribution < 1.29 is 14.7 Å². The summed E-state index contributed by atoms with van der Waals surface area (Å²) in [5.41, 5.74) is 11.3. The van der Waals surface area contributed by atoms with Gasteiger partial charge in [-0.2, -0.15) is 0 Å². The van der Waals surface area contributed by atoms with Crippen molar-refractivity contribution in [2.75, 3.05) is 17.2 Å². The second-order valence-electron chi connectivity index (χ2n) is 9.63. The van der Waals surface area contributed by atoms with E-state index in [0.717, 1.165) is 30.5 Å². The molecule has 1 aromatic carbocycles. The summed E-state index contributed by atoms with van der Waals surface area (Å²) in [6, 6.07) is 5.62. The number of carbonyl (C=O) groups is 2. The van der Waals surface area contributed by atoms with Crippen LogP contribution in [0, 0.1) is 0 Å². The molecule has 3 rings (SSSR count). The molecule has 6 nitrogen and oxygen atoms in total. The first-order chi connectivity index (χ1) is 14.0. The van der Waals surface area contributed by atoms with Crippen LogP contribution in [0.25, 0.3) is 0 Å². The molecule has 1 aliphatic rings. The van der Waals surface area contributed by atoms with Crippen LogP contribution in [-0.2, 0) is 22.0 Å². The van der Waals surface area contributed by atoms with Gasteiger partial charge in [-0.05, 0) is 52.8 Å². The molecule has 162 valence electrons. The first kappa shape index (κ1) is 21.9. The molecule has 1 heterocycles. The summed E-state index contributed by atoms with van der Waals surface area (Å²) in [6.07, 6.45) is 4.68. The summed E-state index contributed by atoms with van der Waals surface area (Å²) in [5.74, 6) is -1.14. The number of aromatic nitrogens is 1. The van der Waals surface area contributed by atoms with Crippen molar-refractivity contribution in [1.82, 2.24) is 4.98 Å². The van der Waals surface area contributed by atoms with Crippen LogP contribution in [0.15, 0.2) is 24.4 Å². The molecule has 0 bridgehead atoms. The molecule has 30 heavy (non-hydrogen) atoms. The highest BCUT2D eigenvalue weighted by Gasteiger charge is 2.39. The summed E-state index contributed by atoms with van der Waals surface area (Å²) in [5, 5.41) is 9.17. The first-order valence-corrected chi connectivity index (χ1v) is 10.6. The number of carbonyl (C=O) groups excluding carboxylic acids is 1. The van der Waals surface area contributed by atoms with Gasteiger partial charge >= 0.3 is 5.97 Å². The van der Waals surface area contributed by atoms with Gasteiger partial charge in [0.05, 0.1) is 12.1 Å². The summed E-state index contributed by atoms with van der Waals surface area (Å²) in [4.78, 5) is 28.8. The monoisotopic (exact) mass is 411 g/mol. The van der Waals surface area contributed by atoms with E-state index in [-0.39, 0.29) is 28.9 Å². The van der Waals surface area contributed by atoms with Crippen LogP contribution in [0.4, 0.5) is 11.4 Å². The fraction of sp³-hybridized carbons (Fsp3) is 0.500. The van der Waals surface area contributed by atoms with Crippen molar-refractivity contribution in [2.24, 2.45) is 0 Å². The molecule has 1 amide bonds. The van der Waals surface area contributed by atoms with Crippen molar-refractivity contribution in [3.63, 3.8) is 0 Å². The van der Waals surface area contributed by atoms with Crippen molar-refractivity contribution in [3.05, 3.63) is 46.8 Å². The zero-order valence-corrected chi connectivity index (χ0v) is 18.6. The van der Waals surface area contributed by atoms with Crippen molar-refractivity contribution >= 4 is 23.3 Å². The lowest BCUT2D eigenvalue weighted by molar-refractivity contribution is -0.118. The SMILES string of the molecule is CCCN(C(=O)Cc1ccc2c(c1N)C(C)(C)CCC2(C)C)c1c[nH]c(C(=O)O)c1. The lowest BCUT2D eigenvalue weighted by atomic mass is 9.62. The summed E-state index contributed by atoms with van der Waals surface area (Å²) in [6.45, 7) is 11.4. The normalized spacial score (nSPS) is 16.7. The predicted molar refractivity (Wildman–Crippen MR) is 120 cm³/mol. The third-order valence-corrected chi connectivity index (χ3v) is 6.42. The fourth-order valence-electron chi connectivity index (χ4n) is 4.54. The third-order valence-electron chi connectivity index (χ3n) is 6.42. The Morgan fingerprint density at radius 3 is 2.43 bits per heavy atom. The molecular formula is C24H33N3O3. The number of anilines is 2. The molecule has 0 saturated carbocycles. The molecule has 0 unspecified atom stereocenters. The predicted octanol–water partition coefficient (Wildman–Crippen LogP) is 4.63. The number of aromatic amines is 1. The topological polar surface area (TPSA) is 99.4 Å². The lowest BCUT2D eigenvalue weighted by Gasteiger charge is -2.43. The van der Waals surface area contributed by atoms with Gasteiger partial charge in [0.25, 0.3) is 0 Å². The number of rotatable bonds is 6. The molecule has 0 aliphatic heterocycles. The first-order valence-electron chi connectivity index (χ1n) is 10.6. The van der Waals surface area contributed by atoms with Crippen LogP contribution in [0.5, 0.6) is 0 Å². The van der Waals surface area contributed by atoms with Gasteiger partial charge < -0.3 is 20.7 Å². The number of amides is 1. The number of benzene rings is 1. The molecule has 6 heteroatoms. The zero-order chi connectivity index (χ0) is 22.3. The summed E-state index contributed by atoms with van der Waals surface area (Å²) < 4.78 is 0. The van der Waals surface area contributed by atoms with E-state index in [4.69, 9.17) is 5.73 Å². The number of nitrogens with two attached hydrogens (primary N) is 1. The number of H-pyrrole nitrogens is 1. The standard InChI is InChI=1S/C24H33N3O3/c1-6-11-27(16-13-18(22(29)30)26-14-16)19(28)12-15-7-8-17-20(21(15)25)24(4,5)10-9-23(17,2)3/h7-8,13-14,26H,6,9-12,25H2,1-5H3,(H,29,30). The molecular weight excluding hydrogens is 378 g/mol. The van der Waals surface area contributed by atoms with E-state index in [1.165, 1.54) is 17.2 Å². The Labute approximate surface area is 178 Å². The maximum Gasteiger partial charge on any atom is 0.352 e. The molecule has 0 spiro atoms. The molecule has 0 saturated heterocycles. The minimum Gasteiger partial charge on any atom is -0.477 e. The summed E-state index contributed by atoms with van der Waals surface area (Å²) in [7, 11) is 0. The second kappa shape index (κ2) is 7.82. The van der Waals surface area contributed by atoms with Crippen LogP contribution in [-0.4, -0.2) is 28.5 Å². The Balaban J connectivity index is 1.94. The molecule has 1 aliphatic carbocycles. The van der Waals surface area contributed by atoms with E-state index >= 15 is 0 Å². The van der Waals surface area contributed by atoms with Gasteiger partial charge in [-0.15, -0.1) is 0 Å². The number of hydrogen-bond donors (Lipinski definition) is 3. The largest absolute Gasteiger partial charge is 0.477 e. The van der Waals surface area contributed by atoms with Crippen molar-refractivity contribution in [3.8, 4) is 0 Å². The number of hydrogen-bond acceptors (Lipinski definition) is 3. The Morgan fingerprint density at radius 1 is 1.17 bits per heavy atom. The van der Waals surface area contributed by atoms with Crippen molar-refractivity contribution in [1.29, 1.82) is 0 Å². The minimum atomic E-state index is -1.05. The van der Waals surface area contributed by atoms with E-state index in [9.17, 15) is 14.7 Å². The minimum absolute atomic E-state index is 0.0336. The number of nitrogens with zero attached hydrogens (tertiary/aromatic N) is 1. The quantitative estimate of drug-likeness (QED) is 0.603. The van der Waals surface area contributed by atoms with Crippen LogP contribution in [0.1, 0.15) is 81.1 Å². The third kappa shape index (κ3) is 3.95. The molecule has 4 N–H and O–H groups in total. The maximum atomic E-state index is 13.2. The van der Waals surface area contributed by atoms with E-state index in [2.05, 4.69) is 38.7 Å². The smallest absolute Gasteiger partial charge is 0.352 e. The Morgan fingerprint density at radius 2 is 1.83 bits per heavy atom. The second-order valence-corrected chi connectivity index (χ2v) is 9.63. The number of fused-ring (bicyclic) bond motifs is 1. The number of carboxylic acid groups (broad SMARTS) is 1. The highest BCUT2D eigenvalue weighted by Crippen LogP contribution is 2.48. The van der Waals surface area contributed by atoms with Crippen LogP contribution >= 0.6 is 0 Å².